The lowest BCUT2D eigenvalue weighted by atomic mass is 9.85. The van der Waals surface area contributed by atoms with Crippen molar-refractivity contribution in [3.05, 3.63) is 0 Å². The number of urea groups is 1. The Hall–Kier alpha value is -1.99. The Morgan fingerprint density at radius 3 is 2.04 bits per heavy atom. The molecule has 28 heavy (non-hydrogen) atoms. The molecule has 0 unspecified atom stereocenters. The SMILES string of the molecule is CN1CCN(C2CCN(C(=O)[C@H](NC(=O)OC(C)(C)C)C(C)(C)C)CC2)C1=O. The van der Waals surface area contributed by atoms with E-state index in [1.807, 2.05) is 32.7 Å². The van der Waals surface area contributed by atoms with Crippen molar-refractivity contribution in [1.29, 1.82) is 0 Å². The molecule has 8 nitrogen and oxygen atoms in total. The van der Waals surface area contributed by atoms with Gasteiger partial charge in [0.2, 0.25) is 5.91 Å². The highest BCUT2D eigenvalue weighted by molar-refractivity contribution is 5.86. The van der Waals surface area contributed by atoms with Crippen molar-refractivity contribution in [1.82, 2.24) is 20.0 Å². The van der Waals surface area contributed by atoms with E-state index in [-0.39, 0.29) is 18.0 Å². The molecule has 0 aliphatic carbocycles. The predicted octanol–water partition coefficient (Wildman–Crippen LogP) is 2.28. The number of amides is 4. The van der Waals surface area contributed by atoms with Crippen molar-refractivity contribution in [3.8, 4) is 0 Å². The largest absolute Gasteiger partial charge is 0.444 e. The quantitative estimate of drug-likeness (QED) is 0.793. The molecule has 2 rings (SSSR count). The smallest absolute Gasteiger partial charge is 0.408 e. The molecule has 2 aliphatic rings. The lowest BCUT2D eigenvalue weighted by Gasteiger charge is -2.40. The first kappa shape index (κ1) is 22.3. The van der Waals surface area contributed by atoms with Crippen LogP contribution < -0.4 is 5.32 Å². The van der Waals surface area contributed by atoms with Crippen LogP contribution in [0.5, 0.6) is 0 Å². The zero-order valence-corrected chi connectivity index (χ0v) is 18.4. The van der Waals surface area contributed by atoms with Crippen molar-refractivity contribution >= 4 is 18.0 Å². The van der Waals surface area contributed by atoms with Crippen molar-refractivity contribution in [2.45, 2.75) is 72.1 Å². The average Bonchev–Trinajstić information content (AvgIpc) is 2.89. The molecule has 160 valence electrons. The van der Waals surface area contributed by atoms with Gasteiger partial charge in [0.15, 0.2) is 0 Å². The van der Waals surface area contributed by atoms with Gasteiger partial charge in [0.1, 0.15) is 11.6 Å². The fourth-order valence-corrected chi connectivity index (χ4v) is 3.66. The average molecular weight is 397 g/mol. The van der Waals surface area contributed by atoms with Crippen LogP contribution in [0.15, 0.2) is 0 Å². The number of hydrogen-bond donors (Lipinski definition) is 1. The van der Waals surface area contributed by atoms with Crippen LogP contribution in [-0.2, 0) is 9.53 Å². The molecular formula is C20H36N4O4. The molecule has 2 heterocycles. The minimum atomic E-state index is -0.668. The number of carbonyl (C=O) groups is 3. The number of piperidine rings is 1. The fourth-order valence-electron chi connectivity index (χ4n) is 3.66. The maximum Gasteiger partial charge on any atom is 0.408 e. The van der Waals surface area contributed by atoms with E-state index in [2.05, 4.69) is 5.32 Å². The minimum absolute atomic E-state index is 0.0731. The Bertz CT molecular complexity index is 600. The topological polar surface area (TPSA) is 82.2 Å². The number of nitrogens with zero attached hydrogens (tertiary/aromatic N) is 3. The van der Waals surface area contributed by atoms with Gasteiger partial charge in [0.05, 0.1) is 0 Å². The van der Waals surface area contributed by atoms with Crippen LogP contribution in [0.2, 0.25) is 0 Å². The van der Waals surface area contributed by atoms with Gasteiger partial charge >= 0.3 is 12.1 Å². The van der Waals surface area contributed by atoms with Gasteiger partial charge in [-0.1, -0.05) is 20.8 Å². The zero-order chi connectivity index (χ0) is 21.3. The maximum atomic E-state index is 13.2. The van der Waals surface area contributed by atoms with Crippen LogP contribution in [-0.4, -0.2) is 83.6 Å². The number of hydrogen-bond acceptors (Lipinski definition) is 4. The first-order valence-electron chi connectivity index (χ1n) is 10.1. The van der Waals surface area contributed by atoms with Crippen molar-refractivity contribution < 1.29 is 19.1 Å². The number of rotatable bonds is 3. The Labute approximate surface area is 168 Å². The van der Waals surface area contributed by atoms with Crippen LogP contribution in [0.1, 0.15) is 54.4 Å². The highest BCUT2D eigenvalue weighted by atomic mass is 16.6. The first-order chi connectivity index (χ1) is 12.8. The van der Waals surface area contributed by atoms with Crippen LogP contribution in [0.4, 0.5) is 9.59 Å². The third-order valence-corrected chi connectivity index (χ3v) is 5.24. The zero-order valence-electron chi connectivity index (χ0n) is 18.4. The molecular weight excluding hydrogens is 360 g/mol. The lowest BCUT2D eigenvalue weighted by Crippen LogP contribution is -2.57. The summed E-state index contributed by atoms with van der Waals surface area (Å²) in [6, 6.07) is -0.421. The van der Waals surface area contributed by atoms with E-state index < -0.39 is 23.2 Å². The molecule has 0 radical (unpaired) electrons. The summed E-state index contributed by atoms with van der Waals surface area (Å²) < 4.78 is 5.34. The molecule has 0 saturated carbocycles. The van der Waals surface area contributed by atoms with E-state index in [4.69, 9.17) is 4.74 Å². The standard InChI is InChI=1S/C20H36N4O4/c1-19(2,3)15(21-17(26)28-20(4,5)6)16(25)23-10-8-14(9-11-23)24-13-12-22(7)18(24)27/h14-15H,8-13H2,1-7H3,(H,21,26)/t15-/m0/s1. The summed E-state index contributed by atoms with van der Waals surface area (Å²) in [5.41, 5.74) is -1.07. The first-order valence-corrected chi connectivity index (χ1v) is 10.1. The van der Waals surface area contributed by atoms with Gasteiger partial charge in [-0.15, -0.1) is 0 Å². The molecule has 1 N–H and O–H groups in total. The number of carbonyl (C=O) groups excluding carboxylic acids is 3. The van der Waals surface area contributed by atoms with Crippen LogP contribution in [0.3, 0.4) is 0 Å². The minimum Gasteiger partial charge on any atom is -0.444 e. The third kappa shape index (κ3) is 5.52. The van der Waals surface area contributed by atoms with Gasteiger partial charge in [0.25, 0.3) is 0 Å². The molecule has 8 heteroatoms. The number of nitrogens with one attached hydrogen (secondary N) is 1. The van der Waals surface area contributed by atoms with Gasteiger partial charge in [-0.05, 0) is 39.0 Å². The van der Waals surface area contributed by atoms with Crippen LogP contribution >= 0.6 is 0 Å². The van der Waals surface area contributed by atoms with Crippen LogP contribution in [0.25, 0.3) is 0 Å². The molecule has 0 spiro atoms. The maximum absolute atomic E-state index is 13.2. The Balaban J connectivity index is 1.98. The van der Waals surface area contributed by atoms with Gasteiger partial charge in [-0.3, -0.25) is 4.79 Å². The van der Waals surface area contributed by atoms with Gasteiger partial charge < -0.3 is 24.8 Å². The molecule has 2 aliphatic heterocycles. The van der Waals surface area contributed by atoms with E-state index >= 15 is 0 Å². The van der Waals surface area contributed by atoms with E-state index in [9.17, 15) is 14.4 Å². The second-order valence-electron chi connectivity index (χ2n) is 9.90. The summed E-state index contributed by atoms with van der Waals surface area (Å²) in [5.74, 6) is -0.0957. The van der Waals surface area contributed by atoms with E-state index in [1.54, 1.807) is 30.6 Å². The molecule has 0 bridgehead atoms. The Morgan fingerprint density at radius 2 is 1.61 bits per heavy atom. The molecule has 4 amide bonds. The van der Waals surface area contributed by atoms with Crippen molar-refractivity contribution in [2.24, 2.45) is 5.41 Å². The van der Waals surface area contributed by atoms with E-state index in [0.29, 0.717) is 13.1 Å². The predicted molar refractivity (Wildman–Crippen MR) is 107 cm³/mol. The van der Waals surface area contributed by atoms with Gasteiger partial charge in [0, 0.05) is 39.3 Å². The molecule has 1 atom stereocenters. The molecule has 2 saturated heterocycles. The lowest BCUT2D eigenvalue weighted by molar-refractivity contribution is -0.137. The van der Waals surface area contributed by atoms with Gasteiger partial charge in [-0.2, -0.15) is 0 Å². The molecule has 0 aromatic heterocycles. The summed E-state index contributed by atoms with van der Waals surface area (Å²) in [7, 11) is 1.82. The van der Waals surface area contributed by atoms with E-state index in [0.717, 1.165) is 25.9 Å². The number of likely N-dealkylation sites (N-methyl/N-ethyl adjacent to an activating group) is 1. The Morgan fingerprint density at radius 1 is 1.04 bits per heavy atom. The second kappa shape index (κ2) is 8.17. The van der Waals surface area contributed by atoms with Crippen molar-refractivity contribution in [3.63, 3.8) is 0 Å². The highest BCUT2D eigenvalue weighted by Crippen LogP contribution is 2.25. The normalized spacial score (nSPS) is 20.4. The highest BCUT2D eigenvalue weighted by Gasteiger charge is 2.39. The monoisotopic (exact) mass is 396 g/mol. The van der Waals surface area contributed by atoms with E-state index in [1.165, 1.54) is 0 Å². The molecule has 0 aromatic rings. The number of ether oxygens (including phenoxy) is 1. The van der Waals surface area contributed by atoms with Gasteiger partial charge in [-0.25, -0.2) is 9.59 Å². The Kier molecular flexibility index (Phi) is 6.51. The summed E-state index contributed by atoms with van der Waals surface area (Å²) in [6.45, 7) is 13.8. The summed E-state index contributed by atoms with van der Waals surface area (Å²) >= 11 is 0. The summed E-state index contributed by atoms with van der Waals surface area (Å²) in [5, 5.41) is 2.77. The molecule has 0 aromatic carbocycles. The van der Waals surface area contributed by atoms with Crippen molar-refractivity contribution in [2.75, 3.05) is 33.2 Å². The third-order valence-electron chi connectivity index (χ3n) is 5.24. The number of alkyl carbamates (subject to hydrolysis) is 1. The second-order valence-corrected chi connectivity index (χ2v) is 9.90. The summed E-state index contributed by atoms with van der Waals surface area (Å²) in [6.07, 6.45) is 0.935. The fraction of sp³-hybridized carbons (Fsp3) is 0.850. The van der Waals surface area contributed by atoms with Crippen LogP contribution in [0, 0.1) is 5.41 Å². The summed E-state index contributed by atoms with van der Waals surface area (Å²) in [4.78, 5) is 43.1. The number of likely N-dealkylation sites (tertiary alicyclic amines) is 1. The molecule has 2 fully saturated rings.